The molecule has 1 aromatic carbocycles. The van der Waals surface area contributed by atoms with Gasteiger partial charge in [-0.1, -0.05) is 11.6 Å². The summed E-state index contributed by atoms with van der Waals surface area (Å²) in [5, 5.41) is 20.6. The Morgan fingerprint density at radius 3 is 2.85 bits per heavy atom. The lowest BCUT2D eigenvalue weighted by molar-refractivity contribution is -0.141. The minimum atomic E-state index is -1.01. The van der Waals surface area contributed by atoms with Crippen LogP contribution in [0.3, 0.4) is 0 Å². The highest BCUT2D eigenvalue weighted by molar-refractivity contribution is 6.33. The first kappa shape index (κ1) is 14.2. The predicted octanol–water partition coefficient (Wildman–Crippen LogP) is 2.29. The highest BCUT2D eigenvalue weighted by atomic mass is 35.5. The number of carbonyl (C=O) groups excluding carboxylic acids is 1. The number of hydrogen-bond donors (Lipinski definition) is 2. The van der Waals surface area contributed by atoms with E-state index in [0.29, 0.717) is 30.6 Å². The molecule has 6 nitrogen and oxygen atoms in total. The molecule has 0 bridgehead atoms. The number of amides is 2. The Kier molecular flexibility index (Phi) is 4.11. The molecule has 2 N–H and O–H groups in total. The number of urea groups is 1. The molecule has 0 unspecified atom stereocenters. The summed E-state index contributed by atoms with van der Waals surface area (Å²) in [6.07, 6.45) is 1.11. The number of benzene rings is 1. The molecular formula is C13H12ClN3O3. The van der Waals surface area contributed by atoms with Gasteiger partial charge in [0.25, 0.3) is 0 Å². The predicted molar refractivity (Wildman–Crippen MR) is 72.5 cm³/mol. The molecule has 1 aromatic rings. The zero-order valence-corrected chi connectivity index (χ0v) is 11.2. The van der Waals surface area contributed by atoms with Gasteiger partial charge in [0.15, 0.2) is 0 Å². The van der Waals surface area contributed by atoms with Gasteiger partial charge < -0.3 is 15.3 Å². The first-order valence-corrected chi connectivity index (χ1v) is 6.41. The second-order valence-corrected chi connectivity index (χ2v) is 4.83. The normalized spacial score (nSPS) is 17.6. The molecule has 1 aliphatic heterocycles. The number of aliphatic carboxylic acids is 1. The molecule has 0 aliphatic carbocycles. The number of nitrogens with one attached hydrogen (secondary N) is 1. The van der Waals surface area contributed by atoms with Crippen LogP contribution in [-0.2, 0) is 4.79 Å². The molecule has 7 heteroatoms. The number of likely N-dealkylation sites (tertiary alicyclic amines) is 1. The first-order chi connectivity index (χ1) is 9.52. The third-order valence-corrected chi connectivity index (χ3v) is 3.45. The van der Waals surface area contributed by atoms with E-state index in [-0.39, 0.29) is 5.02 Å². The Labute approximate surface area is 120 Å². The van der Waals surface area contributed by atoms with Crippen LogP contribution in [0.4, 0.5) is 10.5 Å². The fourth-order valence-corrected chi connectivity index (χ4v) is 2.37. The fraction of sp³-hybridized carbons (Fsp3) is 0.308. The van der Waals surface area contributed by atoms with Crippen LogP contribution in [0.1, 0.15) is 18.4 Å². The van der Waals surface area contributed by atoms with Crippen molar-refractivity contribution < 1.29 is 14.7 Å². The average molecular weight is 294 g/mol. The Morgan fingerprint density at radius 1 is 1.50 bits per heavy atom. The summed E-state index contributed by atoms with van der Waals surface area (Å²) >= 11 is 5.96. The van der Waals surface area contributed by atoms with E-state index in [1.165, 1.54) is 23.1 Å². The Hall–Kier alpha value is -2.26. The second-order valence-electron chi connectivity index (χ2n) is 4.43. The molecule has 2 amide bonds. The SMILES string of the molecule is N#Cc1ccc(NC(=O)N2CCC[C@H]2C(=O)O)c(Cl)c1. The van der Waals surface area contributed by atoms with Crippen molar-refractivity contribution in [2.24, 2.45) is 0 Å². The number of nitrogens with zero attached hydrogens (tertiary/aromatic N) is 2. The molecule has 104 valence electrons. The molecule has 0 saturated carbocycles. The van der Waals surface area contributed by atoms with Crippen LogP contribution < -0.4 is 5.32 Å². The molecule has 0 aromatic heterocycles. The average Bonchev–Trinajstić information content (AvgIpc) is 2.90. The molecule has 1 heterocycles. The van der Waals surface area contributed by atoms with Gasteiger partial charge in [-0.3, -0.25) is 0 Å². The number of rotatable bonds is 2. The Bertz CT molecular complexity index is 597. The summed E-state index contributed by atoms with van der Waals surface area (Å²) in [6, 6.07) is 5.13. The maximum atomic E-state index is 12.1. The number of carboxylic acids is 1. The van der Waals surface area contributed by atoms with Gasteiger partial charge in [0, 0.05) is 6.54 Å². The van der Waals surface area contributed by atoms with Gasteiger partial charge in [0.2, 0.25) is 0 Å². The lowest BCUT2D eigenvalue weighted by atomic mass is 10.2. The van der Waals surface area contributed by atoms with E-state index in [9.17, 15) is 9.59 Å². The quantitative estimate of drug-likeness (QED) is 0.875. The molecular weight excluding hydrogens is 282 g/mol. The van der Waals surface area contributed by atoms with Crippen molar-refractivity contribution in [2.75, 3.05) is 11.9 Å². The fourth-order valence-electron chi connectivity index (χ4n) is 2.14. The highest BCUT2D eigenvalue weighted by Gasteiger charge is 2.34. The monoisotopic (exact) mass is 293 g/mol. The highest BCUT2D eigenvalue weighted by Crippen LogP contribution is 2.25. The van der Waals surface area contributed by atoms with Crippen molar-refractivity contribution in [1.82, 2.24) is 4.90 Å². The van der Waals surface area contributed by atoms with Crippen LogP contribution in [0.25, 0.3) is 0 Å². The van der Waals surface area contributed by atoms with Crippen LogP contribution in [0.15, 0.2) is 18.2 Å². The smallest absolute Gasteiger partial charge is 0.326 e. The number of carbonyl (C=O) groups is 2. The van der Waals surface area contributed by atoms with E-state index < -0.39 is 18.0 Å². The minimum absolute atomic E-state index is 0.239. The van der Waals surface area contributed by atoms with Gasteiger partial charge >= 0.3 is 12.0 Å². The lowest BCUT2D eigenvalue weighted by Gasteiger charge is -2.22. The molecule has 1 aliphatic rings. The summed E-state index contributed by atoms with van der Waals surface area (Å²) in [7, 11) is 0. The number of nitriles is 1. The zero-order valence-electron chi connectivity index (χ0n) is 10.5. The summed E-state index contributed by atoms with van der Waals surface area (Å²) < 4.78 is 0. The maximum Gasteiger partial charge on any atom is 0.326 e. The molecule has 20 heavy (non-hydrogen) atoms. The zero-order chi connectivity index (χ0) is 14.7. The molecule has 0 radical (unpaired) electrons. The lowest BCUT2D eigenvalue weighted by Crippen LogP contribution is -2.42. The standard InChI is InChI=1S/C13H12ClN3O3/c14-9-6-8(7-15)3-4-10(9)16-13(20)17-5-1-2-11(17)12(18)19/h3-4,6,11H,1-2,5H2,(H,16,20)(H,18,19)/t11-/m0/s1. The Balaban J connectivity index is 2.12. The number of halogens is 1. The van der Waals surface area contributed by atoms with Crippen molar-refractivity contribution in [1.29, 1.82) is 5.26 Å². The largest absolute Gasteiger partial charge is 0.480 e. The number of hydrogen-bond acceptors (Lipinski definition) is 3. The summed E-state index contributed by atoms with van der Waals surface area (Å²) in [5.41, 5.74) is 0.740. The van der Waals surface area contributed by atoms with Crippen LogP contribution in [0.5, 0.6) is 0 Å². The molecule has 0 spiro atoms. The van der Waals surface area contributed by atoms with Gasteiger partial charge in [0.1, 0.15) is 6.04 Å². The van der Waals surface area contributed by atoms with E-state index in [4.69, 9.17) is 22.0 Å². The van der Waals surface area contributed by atoms with E-state index in [2.05, 4.69) is 5.32 Å². The summed E-state index contributed by atoms with van der Waals surface area (Å²) in [6.45, 7) is 0.400. The third kappa shape index (κ3) is 2.83. The third-order valence-electron chi connectivity index (χ3n) is 3.14. The molecule has 1 fully saturated rings. The van der Waals surface area contributed by atoms with E-state index in [0.717, 1.165) is 0 Å². The first-order valence-electron chi connectivity index (χ1n) is 6.03. The van der Waals surface area contributed by atoms with Crippen molar-refractivity contribution in [2.45, 2.75) is 18.9 Å². The van der Waals surface area contributed by atoms with E-state index in [1.807, 2.05) is 6.07 Å². The van der Waals surface area contributed by atoms with Crippen molar-refractivity contribution in [3.63, 3.8) is 0 Å². The van der Waals surface area contributed by atoms with Crippen LogP contribution >= 0.6 is 11.6 Å². The summed E-state index contributed by atoms with van der Waals surface area (Å²) in [4.78, 5) is 24.4. The minimum Gasteiger partial charge on any atom is -0.480 e. The van der Waals surface area contributed by atoms with Crippen LogP contribution in [0.2, 0.25) is 5.02 Å². The van der Waals surface area contributed by atoms with Crippen molar-refractivity contribution >= 4 is 29.3 Å². The molecule has 2 rings (SSSR count). The van der Waals surface area contributed by atoms with Gasteiger partial charge in [-0.2, -0.15) is 5.26 Å². The number of carboxylic acid groups (broad SMARTS) is 1. The van der Waals surface area contributed by atoms with Gasteiger partial charge in [0.05, 0.1) is 22.3 Å². The molecule has 1 saturated heterocycles. The Morgan fingerprint density at radius 2 is 2.25 bits per heavy atom. The molecule has 1 atom stereocenters. The van der Waals surface area contributed by atoms with Gasteiger partial charge in [-0.05, 0) is 31.0 Å². The van der Waals surface area contributed by atoms with E-state index >= 15 is 0 Å². The van der Waals surface area contributed by atoms with Crippen molar-refractivity contribution in [3.05, 3.63) is 28.8 Å². The van der Waals surface area contributed by atoms with Crippen LogP contribution in [0, 0.1) is 11.3 Å². The number of anilines is 1. The second kappa shape index (κ2) is 5.80. The van der Waals surface area contributed by atoms with Crippen LogP contribution in [-0.4, -0.2) is 34.6 Å². The summed E-state index contributed by atoms with van der Waals surface area (Å²) in [5.74, 6) is -1.01. The van der Waals surface area contributed by atoms with Gasteiger partial charge in [-0.25, -0.2) is 9.59 Å². The topological polar surface area (TPSA) is 93.4 Å². The van der Waals surface area contributed by atoms with Crippen molar-refractivity contribution in [3.8, 4) is 6.07 Å². The maximum absolute atomic E-state index is 12.1. The van der Waals surface area contributed by atoms with E-state index in [1.54, 1.807) is 0 Å². The van der Waals surface area contributed by atoms with Gasteiger partial charge in [-0.15, -0.1) is 0 Å².